The number of methoxy groups -OCH3 is 1. The van der Waals surface area contributed by atoms with Crippen molar-refractivity contribution in [2.75, 3.05) is 38.9 Å². The summed E-state index contributed by atoms with van der Waals surface area (Å²) in [6, 6.07) is 7.46. The molecule has 1 aromatic carbocycles. The summed E-state index contributed by atoms with van der Waals surface area (Å²) in [6.07, 6.45) is 3.63. The van der Waals surface area contributed by atoms with Gasteiger partial charge in [0.15, 0.2) is 0 Å². The highest BCUT2D eigenvalue weighted by Crippen LogP contribution is 2.30. The highest BCUT2D eigenvalue weighted by Gasteiger charge is 2.26. The third-order valence-electron chi connectivity index (χ3n) is 4.55. The van der Waals surface area contributed by atoms with Gasteiger partial charge in [-0.1, -0.05) is 0 Å². The number of anilines is 1. The third-order valence-corrected chi connectivity index (χ3v) is 4.55. The Morgan fingerprint density at radius 2 is 2.18 bits per heavy atom. The van der Waals surface area contributed by atoms with Crippen molar-refractivity contribution in [2.45, 2.75) is 6.92 Å². The molecule has 8 heteroatoms. The second kappa shape index (κ2) is 7.95. The molecular weight excluding hydrogens is 360 g/mol. The van der Waals surface area contributed by atoms with Crippen molar-refractivity contribution >= 4 is 22.5 Å². The zero-order chi connectivity index (χ0) is 19.5. The minimum Gasteiger partial charge on any atom is -0.490 e. The number of imidazole rings is 1. The number of hydrogen-bond donors (Lipinski definition) is 1. The van der Waals surface area contributed by atoms with Gasteiger partial charge in [0.1, 0.15) is 24.5 Å². The van der Waals surface area contributed by atoms with E-state index >= 15 is 0 Å². The Labute approximate surface area is 162 Å². The largest absolute Gasteiger partial charge is 0.490 e. The first kappa shape index (κ1) is 18.4. The third kappa shape index (κ3) is 3.83. The molecule has 0 bridgehead atoms. The van der Waals surface area contributed by atoms with Gasteiger partial charge in [-0.2, -0.15) is 0 Å². The summed E-state index contributed by atoms with van der Waals surface area (Å²) in [6.45, 7) is 3.76. The van der Waals surface area contributed by atoms with Crippen LogP contribution in [0.1, 0.15) is 5.69 Å². The molecule has 4 rings (SSSR count). The number of hydrogen-bond acceptors (Lipinski definition) is 6. The Bertz CT molecular complexity index is 997. The van der Waals surface area contributed by atoms with Crippen LogP contribution in [0.25, 0.3) is 16.7 Å². The van der Waals surface area contributed by atoms with Gasteiger partial charge < -0.3 is 19.5 Å². The second-order valence-corrected chi connectivity index (χ2v) is 6.70. The number of fused-ring (bicyclic) bond motifs is 1. The van der Waals surface area contributed by atoms with Gasteiger partial charge in [-0.25, -0.2) is 9.97 Å². The molecule has 0 atom stereocenters. The van der Waals surface area contributed by atoms with E-state index in [1.807, 2.05) is 42.0 Å². The van der Waals surface area contributed by atoms with Gasteiger partial charge in [-0.15, -0.1) is 0 Å². The van der Waals surface area contributed by atoms with Crippen molar-refractivity contribution in [2.24, 2.45) is 5.92 Å². The Kier molecular flexibility index (Phi) is 5.23. The maximum absolute atomic E-state index is 12.2. The summed E-state index contributed by atoms with van der Waals surface area (Å²) >= 11 is 0. The van der Waals surface area contributed by atoms with Gasteiger partial charge >= 0.3 is 0 Å². The lowest BCUT2D eigenvalue weighted by Gasteiger charge is -2.24. The molecule has 1 amide bonds. The number of aromatic nitrogens is 3. The van der Waals surface area contributed by atoms with Gasteiger partial charge in [0.2, 0.25) is 5.91 Å². The van der Waals surface area contributed by atoms with Crippen molar-refractivity contribution < 1.29 is 19.0 Å². The van der Waals surface area contributed by atoms with Crippen molar-refractivity contribution in [3.05, 3.63) is 42.5 Å². The van der Waals surface area contributed by atoms with E-state index in [1.54, 1.807) is 13.4 Å². The van der Waals surface area contributed by atoms with E-state index in [4.69, 9.17) is 19.2 Å². The van der Waals surface area contributed by atoms with E-state index in [1.165, 1.54) is 0 Å². The normalized spacial score (nSPS) is 14.1. The number of nitrogens with zero attached hydrogens (tertiary/aromatic N) is 3. The highest BCUT2D eigenvalue weighted by atomic mass is 16.5. The predicted octanol–water partition coefficient (Wildman–Crippen LogP) is 2.34. The van der Waals surface area contributed by atoms with E-state index in [2.05, 4.69) is 10.3 Å². The summed E-state index contributed by atoms with van der Waals surface area (Å²) in [5.74, 6) is 1.26. The SMILES string of the molecule is COCCOc1cc(-n2cnc(C)c2)nc2ccc(NC(=O)C3COC3)cc12. The molecular formula is C20H22N4O4. The van der Waals surface area contributed by atoms with Crippen LogP contribution in [0.2, 0.25) is 0 Å². The quantitative estimate of drug-likeness (QED) is 0.631. The van der Waals surface area contributed by atoms with Crippen molar-refractivity contribution in [3.8, 4) is 11.6 Å². The van der Waals surface area contributed by atoms with Crippen LogP contribution in [0.5, 0.6) is 5.75 Å². The first-order valence-corrected chi connectivity index (χ1v) is 9.10. The van der Waals surface area contributed by atoms with Crippen molar-refractivity contribution in [3.63, 3.8) is 0 Å². The fraction of sp³-hybridized carbons (Fsp3) is 0.350. The molecule has 2 aromatic heterocycles. The molecule has 1 aliphatic rings. The van der Waals surface area contributed by atoms with E-state index in [9.17, 15) is 4.79 Å². The number of carbonyl (C=O) groups excluding carboxylic acids is 1. The molecule has 3 aromatic rings. The van der Waals surface area contributed by atoms with Gasteiger partial charge in [-0.05, 0) is 25.1 Å². The number of pyridine rings is 1. The Morgan fingerprint density at radius 3 is 2.86 bits per heavy atom. The maximum atomic E-state index is 12.2. The summed E-state index contributed by atoms with van der Waals surface area (Å²) in [5, 5.41) is 3.76. The average Bonchev–Trinajstić information content (AvgIpc) is 3.07. The molecule has 1 saturated heterocycles. The maximum Gasteiger partial charge on any atom is 0.232 e. The average molecular weight is 382 g/mol. The van der Waals surface area contributed by atoms with Crippen LogP contribution in [0.4, 0.5) is 5.69 Å². The fourth-order valence-corrected chi connectivity index (χ4v) is 2.92. The van der Waals surface area contributed by atoms with E-state index in [0.29, 0.717) is 43.7 Å². The molecule has 0 unspecified atom stereocenters. The fourth-order valence-electron chi connectivity index (χ4n) is 2.92. The summed E-state index contributed by atoms with van der Waals surface area (Å²) in [5.41, 5.74) is 2.37. The van der Waals surface area contributed by atoms with Crippen LogP contribution in [0.15, 0.2) is 36.8 Å². The van der Waals surface area contributed by atoms with Crippen LogP contribution in [-0.4, -0.2) is 54.0 Å². The van der Waals surface area contributed by atoms with Gasteiger partial charge in [0, 0.05) is 30.4 Å². The number of ether oxygens (including phenoxy) is 3. The Balaban J connectivity index is 1.69. The van der Waals surface area contributed by atoms with E-state index in [-0.39, 0.29) is 11.8 Å². The molecule has 1 aliphatic heterocycles. The van der Waals surface area contributed by atoms with Crippen LogP contribution in [-0.2, 0) is 14.3 Å². The minimum atomic E-state index is -0.0851. The number of aryl methyl sites for hydroxylation is 1. The van der Waals surface area contributed by atoms with Crippen molar-refractivity contribution in [1.29, 1.82) is 0 Å². The molecule has 146 valence electrons. The lowest BCUT2D eigenvalue weighted by Crippen LogP contribution is -2.38. The first-order chi connectivity index (χ1) is 13.6. The number of amides is 1. The van der Waals surface area contributed by atoms with Gasteiger partial charge in [0.05, 0.1) is 36.9 Å². The van der Waals surface area contributed by atoms with E-state index in [0.717, 1.165) is 16.6 Å². The van der Waals surface area contributed by atoms with Crippen LogP contribution >= 0.6 is 0 Å². The van der Waals surface area contributed by atoms with Crippen LogP contribution in [0, 0.1) is 12.8 Å². The number of nitrogens with one attached hydrogen (secondary N) is 1. The number of rotatable bonds is 7. The van der Waals surface area contributed by atoms with Crippen molar-refractivity contribution in [1.82, 2.24) is 14.5 Å². The molecule has 0 spiro atoms. The molecule has 0 radical (unpaired) electrons. The monoisotopic (exact) mass is 382 g/mol. The summed E-state index contributed by atoms with van der Waals surface area (Å²) in [7, 11) is 1.63. The standard InChI is InChI=1S/C20H22N4O4/c1-13-9-24(12-21-13)19-8-18(28-6-5-26-2)16-7-15(3-4-17(16)23-19)22-20(25)14-10-27-11-14/h3-4,7-9,12,14H,5-6,10-11H2,1-2H3,(H,22,25). The topological polar surface area (TPSA) is 87.5 Å². The zero-order valence-electron chi connectivity index (χ0n) is 15.8. The highest BCUT2D eigenvalue weighted by molar-refractivity contribution is 5.96. The zero-order valence-corrected chi connectivity index (χ0v) is 15.8. The Morgan fingerprint density at radius 1 is 1.32 bits per heavy atom. The number of carbonyl (C=O) groups is 1. The molecule has 28 heavy (non-hydrogen) atoms. The minimum absolute atomic E-state index is 0.0362. The summed E-state index contributed by atoms with van der Waals surface area (Å²) in [4.78, 5) is 21.2. The molecule has 8 nitrogen and oxygen atoms in total. The number of benzene rings is 1. The molecule has 1 N–H and O–H groups in total. The van der Waals surface area contributed by atoms with Crippen LogP contribution in [0.3, 0.4) is 0 Å². The molecule has 0 saturated carbocycles. The molecule has 1 fully saturated rings. The van der Waals surface area contributed by atoms with Crippen LogP contribution < -0.4 is 10.1 Å². The van der Waals surface area contributed by atoms with Gasteiger partial charge in [-0.3, -0.25) is 9.36 Å². The van der Waals surface area contributed by atoms with Gasteiger partial charge in [0.25, 0.3) is 0 Å². The lowest BCUT2D eigenvalue weighted by atomic mass is 10.1. The second-order valence-electron chi connectivity index (χ2n) is 6.70. The molecule has 0 aliphatic carbocycles. The first-order valence-electron chi connectivity index (χ1n) is 9.10. The predicted molar refractivity (Wildman–Crippen MR) is 104 cm³/mol. The Hall–Kier alpha value is -2.97. The molecule has 3 heterocycles. The lowest BCUT2D eigenvalue weighted by molar-refractivity contribution is -0.133. The smallest absolute Gasteiger partial charge is 0.232 e. The summed E-state index contributed by atoms with van der Waals surface area (Å²) < 4.78 is 18.0. The van der Waals surface area contributed by atoms with E-state index < -0.39 is 0 Å².